The second-order valence-electron chi connectivity index (χ2n) is 5.49. The highest BCUT2D eigenvalue weighted by atomic mass is 16.5. The summed E-state index contributed by atoms with van der Waals surface area (Å²) in [6.45, 7) is 7.13. The maximum absolute atomic E-state index is 11.8. The SMILES string of the molecule is CCCCC(CN)NC(=O)CCOc1ccc(C)c(C)c1. The van der Waals surface area contributed by atoms with Crippen molar-refractivity contribution in [3.05, 3.63) is 29.3 Å². The summed E-state index contributed by atoms with van der Waals surface area (Å²) in [6.07, 6.45) is 3.50. The van der Waals surface area contributed by atoms with Gasteiger partial charge in [-0.15, -0.1) is 0 Å². The van der Waals surface area contributed by atoms with Crippen LogP contribution in [0.2, 0.25) is 0 Å². The van der Waals surface area contributed by atoms with Crippen LogP contribution >= 0.6 is 0 Å². The first-order valence-corrected chi connectivity index (χ1v) is 7.76. The van der Waals surface area contributed by atoms with Crippen LogP contribution in [0.25, 0.3) is 0 Å². The minimum Gasteiger partial charge on any atom is -0.493 e. The summed E-state index contributed by atoms with van der Waals surface area (Å²) in [5, 5.41) is 2.96. The first-order valence-electron chi connectivity index (χ1n) is 7.76. The lowest BCUT2D eigenvalue weighted by Gasteiger charge is -2.16. The van der Waals surface area contributed by atoms with Gasteiger partial charge in [0.15, 0.2) is 0 Å². The third kappa shape index (κ3) is 6.63. The molecule has 0 radical (unpaired) electrons. The van der Waals surface area contributed by atoms with E-state index in [1.165, 1.54) is 11.1 Å². The number of hydrogen-bond acceptors (Lipinski definition) is 3. The van der Waals surface area contributed by atoms with E-state index in [4.69, 9.17) is 10.5 Å². The van der Waals surface area contributed by atoms with Crippen LogP contribution < -0.4 is 15.8 Å². The molecule has 0 aliphatic carbocycles. The Morgan fingerprint density at radius 2 is 2.10 bits per heavy atom. The molecule has 4 heteroatoms. The fourth-order valence-corrected chi connectivity index (χ4v) is 2.06. The first kappa shape index (κ1) is 17.5. The number of ether oxygens (including phenoxy) is 1. The number of hydrogen-bond donors (Lipinski definition) is 2. The van der Waals surface area contributed by atoms with Gasteiger partial charge in [0.2, 0.25) is 5.91 Å². The van der Waals surface area contributed by atoms with Crippen LogP contribution in [-0.4, -0.2) is 25.1 Å². The highest BCUT2D eigenvalue weighted by Gasteiger charge is 2.10. The van der Waals surface area contributed by atoms with Crippen molar-refractivity contribution in [2.45, 2.75) is 52.5 Å². The maximum Gasteiger partial charge on any atom is 0.223 e. The predicted molar refractivity (Wildman–Crippen MR) is 86.5 cm³/mol. The van der Waals surface area contributed by atoms with E-state index in [0.29, 0.717) is 19.6 Å². The number of benzene rings is 1. The molecule has 1 amide bonds. The molecule has 118 valence electrons. The number of nitrogens with one attached hydrogen (secondary N) is 1. The minimum absolute atomic E-state index is 0.00499. The Bertz CT molecular complexity index is 446. The predicted octanol–water partition coefficient (Wildman–Crippen LogP) is 2.71. The summed E-state index contributed by atoms with van der Waals surface area (Å²) in [7, 11) is 0. The van der Waals surface area contributed by atoms with Crippen molar-refractivity contribution in [1.29, 1.82) is 0 Å². The topological polar surface area (TPSA) is 64.3 Å². The van der Waals surface area contributed by atoms with E-state index < -0.39 is 0 Å². The smallest absolute Gasteiger partial charge is 0.223 e. The van der Waals surface area contributed by atoms with Crippen molar-refractivity contribution >= 4 is 5.91 Å². The zero-order valence-corrected chi connectivity index (χ0v) is 13.4. The Balaban J connectivity index is 2.30. The lowest BCUT2D eigenvalue weighted by Crippen LogP contribution is -2.40. The summed E-state index contributed by atoms with van der Waals surface area (Å²) in [5.41, 5.74) is 8.10. The first-order chi connectivity index (χ1) is 10.1. The van der Waals surface area contributed by atoms with E-state index in [-0.39, 0.29) is 11.9 Å². The highest BCUT2D eigenvalue weighted by Crippen LogP contribution is 2.16. The molecule has 0 spiro atoms. The molecule has 1 unspecified atom stereocenters. The fraction of sp³-hybridized carbons (Fsp3) is 0.588. The molecular formula is C17H28N2O2. The Labute approximate surface area is 128 Å². The van der Waals surface area contributed by atoms with Crippen LogP contribution in [-0.2, 0) is 4.79 Å². The van der Waals surface area contributed by atoms with Crippen molar-refractivity contribution in [3.8, 4) is 5.75 Å². The summed E-state index contributed by atoms with van der Waals surface area (Å²) in [5.74, 6) is 0.817. The summed E-state index contributed by atoms with van der Waals surface area (Å²) in [4.78, 5) is 11.8. The largest absolute Gasteiger partial charge is 0.493 e. The lowest BCUT2D eigenvalue weighted by molar-refractivity contribution is -0.122. The molecule has 21 heavy (non-hydrogen) atoms. The van der Waals surface area contributed by atoms with Gasteiger partial charge in [-0.1, -0.05) is 25.8 Å². The number of unbranched alkanes of at least 4 members (excludes halogenated alkanes) is 1. The van der Waals surface area contributed by atoms with Crippen molar-refractivity contribution in [3.63, 3.8) is 0 Å². The van der Waals surface area contributed by atoms with Gasteiger partial charge in [-0.05, 0) is 43.5 Å². The average molecular weight is 292 g/mol. The van der Waals surface area contributed by atoms with E-state index in [9.17, 15) is 4.79 Å². The third-order valence-corrected chi connectivity index (χ3v) is 3.63. The summed E-state index contributed by atoms with van der Waals surface area (Å²) >= 11 is 0. The van der Waals surface area contributed by atoms with Gasteiger partial charge >= 0.3 is 0 Å². The Morgan fingerprint density at radius 1 is 1.33 bits per heavy atom. The number of nitrogens with two attached hydrogens (primary N) is 1. The van der Waals surface area contributed by atoms with E-state index in [1.807, 2.05) is 18.2 Å². The van der Waals surface area contributed by atoms with Gasteiger partial charge in [0.1, 0.15) is 5.75 Å². The van der Waals surface area contributed by atoms with Crippen LogP contribution in [0.3, 0.4) is 0 Å². The van der Waals surface area contributed by atoms with Gasteiger partial charge in [0.25, 0.3) is 0 Å². The van der Waals surface area contributed by atoms with Crippen LogP contribution in [0, 0.1) is 13.8 Å². The van der Waals surface area contributed by atoms with E-state index in [0.717, 1.165) is 25.0 Å². The molecule has 3 N–H and O–H groups in total. The second-order valence-corrected chi connectivity index (χ2v) is 5.49. The molecule has 1 aromatic rings. The quantitative estimate of drug-likeness (QED) is 0.735. The lowest BCUT2D eigenvalue weighted by atomic mass is 10.1. The molecular weight excluding hydrogens is 264 g/mol. The molecule has 1 rings (SSSR count). The third-order valence-electron chi connectivity index (χ3n) is 3.63. The molecule has 4 nitrogen and oxygen atoms in total. The highest BCUT2D eigenvalue weighted by molar-refractivity contribution is 5.76. The second kappa shape index (κ2) is 9.40. The Kier molecular flexibility index (Phi) is 7.83. The molecule has 0 aliphatic rings. The van der Waals surface area contributed by atoms with Crippen molar-refractivity contribution in [2.75, 3.05) is 13.2 Å². The minimum atomic E-state index is 0.00499. The Hall–Kier alpha value is -1.55. The molecule has 1 atom stereocenters. The van der Waals surface area contributed by atoms with Crippen molar-refractivity contribution < 1.29 is 9.53 Å². The molecule has 0 aliphatic heterocycles. The number of aryl methyl sites for hydroxylation is 2. The monoisotopic (exact) mass is 292 g/mol. The van der Waals surface area contributed by atoms with E-state index in [2.05, 4.69) is 26.1 Å². The zero-order chi connectivity index (χ0) is 15.7. The van der Waals surface area contributed by atoms with Crippen molar-refractivity contribution in [1.82, 2.24) is 5.32 Å². The number of carbonyl (C=O) groups is 1. The molecule has 0 aromatic heterocycles. The van der Waals surface area contributed by atoms with Gasteiger partial charge in [0, 0.05) is 12.6 Å². The molecule has 0 fully saturated rings. The van der Waals surface area contributed by atoms with Crippen LogP contribution in [0.1, 0.15) is 43.7 Å². The number of amides is 1. The van der Waals surface area contributed by atoms with Crippen LogP contribution in [0.4, 0.5) is 0 Å². The van der Waals surface area contributed by atoms with E-state index >= 15 is 0 Å². The number of carbonyl (C=O) groups excluding carboxylic acids is 1. The van der Waals surface area contributed by atoms with Gasteiger partial charge in [-0.25, -0.2) is 0 Å². The van der Waals surface area contributed by atoms with Gasteiger partial charge < -0.3 is 15.8 Å². The molecule has 0 heterocycles. The molecule has 0 bridgehead atoms. The maximum atomic E-state index is 11.8. The summed E-state index contributed by atoms with van der Waals surface area (Å²) < 4.78 is 5.62. The van der Waals surface area contributed by atoms with Gasteiger partial charge in [-0.2, -0.15) is 0 Å². The van der Waals surface area contributed by atoms with Gasteiger partial charge in [-0.3, -0.25) is 4.79 Å². The standard InChI is InChI=1S/C17H28N2O2/c1-4-5-6-15(12-18)19-17(20)9-10-21-16-8-7-13(2)14(3)11-16/h7-8,11,15H,4-6,9-10,12,18H2,1-3H3,(H,19,20). The van der Waals surface area contributed by atoms with Crippen LogP contribution in [0.5, 0.6) is 5.75 Å². The average Bonchev–Trinajstić information content (AvgIpc) is 2.47. The normalized spacial score (nSPS) is 12.0. The van der Waals surface area contributed by atoms with E-state index in [1.54, 1.807) is 0 Å². The fourth-order valence-electron chi connectivity index (χ4n) is 2.06. The Morgan fingerprint density at radius 3 is 2.71 bits per heavy atom. The molecule has 1 aromatic carbocycles. The molecule has 0 saturated heterocycles. The van der Waals surface area contributed by atoms with Crippen molar-refractivity contribution in [2.24, 2.45) is 5.73 Å². The zero-order valence-electron chi connectivity index (χ0n) is 13.4. The van der Waals surface area contributed by atoms with Crippen LogP contribution in [0.15, 0.2) is 18.2 Å². The molecule has 0 saturated carbocycles. The summed E-state index contributed by atoms with van der Waals surface area (Å²) in [6, 6.07) is 6.04. The van der Waals surface area contributed by atoms with Gasteiger partial charge in [0.05, 0.1) is 13.0 Å². The number of rotatable bonds is 9.